The quantitative estimate of drug-likeness (QED) is 0.511. The number of hydrogen-bond acceptors (Lipinski definition) is 0. The summed E-state index contributed by atoms with van der Waals surface area (Å²) in [6.07, 6.45) is 1.02. The number of hydrogen-bond donors (Lipinski definition) is 0. The first-order valence-electron chi connectivity index (χ1n) is 2.65. The second-order valence-electron chi connectivity index (χ2n) is 2.66. The molecule has 0 radical (unpaired) electrons. The molecule has 0 spiro atoms. The molecule has 0 aromatic carbocycles. The Morgan fingerprint density at radius 1 is 1.40 bits per heavy atom. The third-order valence-electron chi connectivity index (χ3n) is 0.741. The summed E-state index contributed by atoms with van der Waals surface area (Å²) in [7, 11) is -2.00. The van der Waals surface area contributed by atoms with Crippen LogP contribution in [0.5, 0.6) is 0 Å². The maximum absolute atomic E-state index is 12.1. The molecule has 0 rings (SSSR count). The van der Waals surface area contributed by atoms with Gasteiger partial charge in [-0.3, -0.25) is 10.7 Å². The second-order valence-corrected chi connectivity index (χ2v) is 7.60. The van der Waals surface area contributed by atoms with Gasteiger partial charge in [-0.05, 0) is 0 Å². The van der Waals surface area contributed by atoms with Gasteiger partial charge in [-0.15, -0.1) is 0 Å². The van der Waals surface area contributed by atoms with Gasteiger partial charge in [0.15, 0.2) is 0 Å². The zero-order chi connectivity index (χ0) is 8.78. The Morgan fingerprint density at radius 2 is 1.70 bits per heavy atom. The van der Waals surface area contributed by atoms with E-state index in [-0.39, 0.29) is 0 Å². The van der Waals surface area contributed by atoms with Crippen LogP contribution in [-0.2, 0) is 16.3 Å². The molecule has 0 fully saturated rings. The van der Waals surface area contributed by atoms with Gasteiger partial charge in [-0.1, -0.05) is 25.1 Å². The molecule has 0 unspecified atom stereocenters. The van der Waals surface area contributed by atoms with Crippen LogP contribution in [-0.4, -0.2) is 8.07 Å². The van der Waals surface area contributed by atoms with Crippen LogP contribution >= 0.6 is 13.6 Å². The van der Waals surface area contributed by atoms with Gasteiger partial charge < -0.3 is 4.39 Å². The van der Waals surface area contributed by atoms with Crippen LogP contribution in [0.3, 0.4) is 0 Å². The summed E-state index contributed by atoms with van der Waals surface area (Å²) in [5.74, 6) is 0. The number of halogens is 3. The topological polar surface area (TPSA) is 0 Å². The summed E-state index contributed by atoms with van der Waals surface area (Å²) in [5, 5.41) is 0. The van der Waals surface area contributed by atoms with E-state index in [4.69, 9.17) is 0 Å². The SMILES string of the molecule is C[Si](C)(C)C(F)=[C-]F.[Zn+][Br]. The van der Waals surface area contributed by atoms with Crippen molar-refractivity contribution in [2.45, 2.75) is 19.6 Å². The third kappa shape index (κ3) is 7.03. The van der Waals surface area contributed by atoms with Crippen molar-refractivity contribution in [2.24, 2.45) is 0 Å². The molecule has 0 aromatic heterocycles. The Morgan fingerprint density at radius 3 is 1.70 bits per heavy atom. The van der Waals surface area contributed by atoms with E-state index in [1.807, 2.05) is 0 Å². The van der Waals surface area contributed by atoms with Crippen LogP contribution in [0.1, 0.15) is 0 Å². The molecule has 0 atom stereocenters. The van der Waals surface area contributed by atoms with Crippen molar-refractivity contribution in [1.29, 1.82) is 0 Å². The summed E-state index contributed by atoms with van der Waals surface area (Å²) in [4.78, 5) is 0. The van der Waals surface area contributed by atoms with E-state index in [1.54, 1.807) is 19.6 Å². The zero-order valence-corrected chi connectivity index (χ0v) is 11.9. The van der Waals surface area contributed by atoms with E-state index in [2.05, 4.69) is 13.6 Å². The van der Waals surface area contributed by atoms with Crippen LogP contribution in [0.15, 0.2) is 5.45 Å². The Hall–Kier alpha value is 0.920. The predicted molar refractivity (Wildman–Crippen MR) is 41.2 cm³/mol. The molecule has 56 valence electrons. The van der Waals surface area contributed by atoms with Gasteiger partial charge in [0.1, 0.15) is 0 Å². The van der Waals surface area contributed by atoms with Gasteiger partial charge in [-0.2, -0.15) is 0 Å². The van der Waals surface area contributed by atoms with E-state index >= 15 is 0 Å². The molecular weight excluding hydrogens is 271 g/mol. The molecule has 0 aromatic rings. The molecular formula is C5H9BrF2SiZn. The molecule has 0 aliphatic rings. The Labute approximate surface area is 78.1 Å². The fourth-order valence-corrected chi connectivity index (χ4v) is 0.425. The van der Waals surface area contributed by atoms with E-state index in [1.165, 1.54) is 16.3 Å². The zero-order valence-electron chi connectivity index (χ0n) is 6.34. The minimum absolute atomic E-state index is 0.697. The Kier molecular flexibility index (Phi) is 8.94. The van der Waals surface area contributed by atoms with Gasteiger partial charge in [0.2, 0.25) is 0 Å². The standard InChI is InChI=1S/C5H9F2Si.BrH.Zn/c1-8(2,3)5(7)4-6;;/h1-3H3;1H;/q-1;;+2/p-1. The van der Waals surface area contributed by atoms with Crippen molar-refractivity contribution in [3.63, 3.8) is 0 Å². The minimum atomic E-state index is -2.00. The van der Waals surface area contributed by atoms with Crippen molar-refractivity contribution >= 4 is 21.7 Å². The fourth-order valence-electron chi connectivity index (χ4n) is 0.142. The molecule has 0 saturated carbocycles. The third-order valence-corrected chi connectivity index (χ3v) is 2.15. The van der Waals surface area contributed by atoms with Crippen molar-refractivity contribution in [3.05, 3.63) is 11.8 Å². The molecule has 0 heterocycles. The molecule has 0 bridgehead atoms. The summed E-state index contributed by atoms with van der Waals surface area (Å²) in [6.45, 7) is 5.15. The Balaban J connectivity index is 0. The molecule has 0 nitrogen and oxygen atoms in total. The fraction of sp³-hybridized carbons (Fsp3) is 0.600. The summed E-state index contributed by atoms with van der Waals surface area (Å²) in [5.41, 5.74) is -0.697. The second kappa shape index (κ2) is 6.62. The van der Waals surface area contributed by atoms with Crippen LogP contribution < -0.4 is 0 Å². The molecule has 0 N–H and O–H groups in total. The molecule has 5 heteroatoms. The van der Waals surface area contributed by atoms with Crippen LogP contribution in [0.4, 0.5) is 8.78 Å². The average molecular weight is 281 g/mol. The number of rotatable bonds is 1. The van der Waals surface area contributed by atoms with Gasteiger partial charge >= 0.3 is 30.0 Å². The maximum atomic E-state index is 12.1. The van der Waals surface area contributed by atoms with Crippen molar-refractivity contribution < 1.29 is 25.1 Å². The summed E-state index contributed by atoms with van der Waals surface area (Å²) in [6, 6.07) is 0. The summed E-state index contributed by atoms with van der Waals surface area (Å²) < 4.78 is 23.4. The molecule has 0 amide bonds. The van der Waals surface area contributed by atoms with Crippen molar-refractivity contribution in [2.75, 3.05) is 0 Å². The normalized spacial score (nSPS) is 12.2. The molecule has 0 saturated heterocycles. The van der Waals surface area contributed by atoms with Crippen LogP contribution in [0.2, 0.25) is 19.6 Å². The van der Waals surface area contributed by atoms with E-state index in [0.717, 1.165) is 6.33 Å². The van der Waals surface area contributed by atoms with E-state index < -0.39 is 13.5 Å². The monoisotopic (exact) mass is 278 g/mol. The molecule has 0 aliphatic carbocycles. The van der Waals surface area contributed by atoms with Gasteiger partial charge in [0.05, 0.1) is 8.07 Å². The first-order valence-corrected chi connectivity index (χ1v) is 13.1. The Bertz CT molecular complexity index is 111. The van der Waals surface area contributed by atoms with Gasteiger partial charge in [-0.25, -0.2) is 0 Å². The first-order chi connectivity index (χ1) is 4.48. The van der Waals surface area contributed by atoms with Gasteiger partial charge in [0.25, 0.3) is 0 Å². The van der Waals surface area contributed by atoms with Crippen molar-refractivity contribution in [3.8, 4) is 0 Å². The molecule has 10 heavy (non-hydrogen) atoms. The molecule has 0 aliphatic heterocycles. The van der Waals surface area contributed by atoms with E-state index in [0.29, 0.717) is 0 Å². The first kappa shape index (κ1) is 13.5. The summed E-state index contributed by atoms with van der Waals surface area (Å²) >= 11 is 4.25. The van der Waals surface area contributed by atoms with Crippen LogP contribution in [0, 0.1) is 6.33 Å². The predicted octanol–water partition coefficient (Wildman–Crippen LogP) is 3.29. The average Bonchev–Trinajstić information content (AvgIpc) is 1.89. The van der Waals surface area contributed by atoms with Crippen molar-refractivity contribution in [1.82, 2.24) is 0 Å². The van der Waals surface area contributed by atoms with Gasteiger partial charge in [0, 0.05) is 0 Å². The van der Waals surface area contributed by atoms with E-state index in [9.17, 15) is 8.78 Å². The van der Waals surface area contributed by atoms with Crippen LogP contribution in [0.25, 0.3) is 0 Å².